The van der Waals surface area contributed by atoms with E-state index in [0.29, 0.717) is 12.0 Å². The van der Waals surface area contributed by atoms with E-state index in [1.54, 1.807) is 0 Å². The Morgan fingerprint density at radius 2 is 1.59 bits per heavy atom. The van der Waals surface area contributed by atoms with Gasteiger partial charge >= 0.3 is 6.03 Å². The van der Waals surface area contributed by atoms with Gasteiger partial charge in [0.15, 0.2) is 0 Å². The van der Waals surface area contributed by atoms with E-state index in [2.05, 4.69) is 20.1 Å². The number of nitrogens with zero attached hydrogens (tertiary/aromatic N) is 4. The Morgan fingerprint density at radius 3 is 2.41 bits per heavy atom. The summed E-state index contributed by atoms with van der Waals surface area (Å²) in [5.74, 6) is 1.49. The first-order chi connectivity index (χ1) is 15.8. The van der Waals surface area contributed by atoms with Gasteiger partial charge in [-0.3, -0.25) is 4.98 Å². The highest BCUT2D eigenvalue weighted by atomic mass is 16.2. The quantitative estimate of drug-likeness (QED) is 0.612. The second-order valence-corrected chi connectivity index (χ2v) is 8.95. The van der Waals surface area contributed by atoms with Gasteiger partial charge in [-0.15, -0.1) is 0 Å². The van der Waals surface area contributed by atoms with Crippen LogP contribution in [0.25, 0.3) is 11.0 Å². The van der Waals surface area contributed by atoms with Crippen LogP contribution in [0, 0.1) is 5.92 Å². The predicted molar refractivity (Wildman–Crippen MR) is 129 cm³/mol. The van der Waals surface area contributed by atoms with E-state index in [1.807, 2.05) is 60.8 Å². The molecule has 6 nitrogen and oxygen atoms in total. The van der Waals surface area contributed by atoms with E-state index in [9.17, 15) is 4.79 Å². The molecule has 2 amide bonds. The summed E-state index contributed by atoms with van der Waals surface area (Å²) in [6.07, 6.45) is 8.65. The summed E-state index contributed by atoms with van der Waals surface area (Å²) in [6, 6.07) is 18.2. The van der Waals surface area contributed by atoms with Gasteiger partial charge in [0.2, 0.25) is 0 Å². The summed E-state index contributed by atoms with van der Waals surface area (Å²) in [6.45, 7) is 2.77. The summed E-state index contributed by atoms with van der Waals surface area (Å²) >= 11 is 0. The molecule has 0 bridgehead atoms. The molecule has 3 heterocycles. The first-order valence-electron chi connectivity index (χ1n) is 11.9. The molecular formula is C26H31N5O. The molecule has 6 heteroatoms. The van der Waals surface area contributed by atoms with Gasteiger partial charge in [0.05, 0.1) is 17.2 Å². The Bertz CT molecular complexity index is 1050. The van der Waals surface area contributed by atoms with Gasteiger partial charge in [0.25, 0.3) is 0 Å². The smallest absolute Gasteiger partial charge is 0.322 e. The van der Waals surface area contributed by atoms with Gasteiger partial charge < -0.3 is 15.1 Å². The minimum atomic E-state index is 0.0472. The summed E-state index contributed by atoms with van der Waals surface area (Å²) in [4.78, 5) is 27.1. The Hall–Kier alpha value is -3.15. The van der Waals surface area contributed by atoms with Crippen molar-refractivity contribution in [2.75, 3.05) is 29.9 Å². The van der Waals surface area contributed by atoms with Crippen LogP contribution >= 0.6 is 0 Å². The zero-order chi connectivity index (χ0) is 21.8. The largest absolute Gasteiger partial charge is 0.355 e. The lowest BCUT2D eigenvalue weighted by Gasteiger charge is -2.41. The Balaban J connectivity index is 1.26. The lowest BCUT2D eigenvalue weighted by Crippen LogP contribution is -2.49. The number of urea groups is 1. The highest BCUT2D eigenvalue weighted by Gasteiger charge is 2.34. The fraction of sp³-hybridized carbons (Fsp3) is 0.423. The van der Waals surface area contributed by atoms with Crippen LogP contribution in [0.15, 0.2) is 60.8 Å². The van der Waals surface area contributed by atoms with Crippen LogP contribution in [0.2, 0.25) is 0 Å². The van der Waals surface area contributed by atoms with Crippen molar-refractivity contribution in [2.45, 2.75) is 44.6 Å². The molecular weight excluding hydrogens is 398 g/mol. The first kappa shape index (κ1) is 20.7. The third-order valence-corrected chi connectivity index (χ3v) is 6.93. The standard InChI is InChI=1S/C26H31N5O/c32-26(28-21-9-3-1-4-10-21)31-16-8-2-5-13-24(31)20-14-17-30(18-15-20)25-19-27-22-11-6-7-12-23(22)29-25/h1,3-4,6-7,9-12,19-20,24H,2,5,8,13-18H2,(H,28,32)/t24-/m1/s1. The van der Waals surface area contributed by atoms with Gasteiger partial charge in [-0.2, -0.15) is 0 Å². The van der Waals surface area contributed by atoms with Crippen LogP contribution in [0.5, 0.6) is 0 Å². The van der Waals surface area contributed by atoms with Crippen LogP contribution in [0.1, 0.15) is 38.5 Å². The van der Waals surface area contributed by atoms with Crippen molar-refractivity contribution >= 4 is 28.6 Å². The molecule has 2 aromatic carbocycles. The number of hydrogen-bond acceptors (Lipinski definition) is 4. The summed E-state index contributed by atoms with van der Waals surface area (Å²) in [5.41, 5.74) is 2.74. The molecule has 166 valence electrons. The normalized spacial score (nSPS) is 20.2. The molecule has 1 N–H and O–H groups in total. The molecule has 0 unspecified atom stereocenters. The third kappa shape index (κ3) is 4.54. The van der Waals surface area contributed by atoms with Crippen LogP contribution in [0.4, 0.5) is 16.3 Å². The molecule has 5 rings (SSSR count). The molecule has 2 aliphatic rings. The molecule has 2 aliphatic heterocycles. The Kier molecular flexibility index (Phi) is 6.19. The monoisotopic (exact) mass is 429 g/mol. The van der Waals surface area contributed by atoms with E-state index in [0.717, 1.165) is 67.9 Å². The zero-order valence-electron chi connectivity index (χ0n) is 18.5. The van der Waals surface area contributed by atoms with Crippen molar-refractivity contribution in [1.29, 1.82) is 0 Å². The number of nitrogens with one attached hydrogen (secondary N) is 1. The van der Waals surface area contributed by atoms with Crippen molar-refractivity contribution in [3.8, 4) is 0 Å². The van der Waals surface area contributed by atoms with E-state index in [-0.39, 0.29) is 6.03 Å². The van der Waals surface area contributed by atoms with Gasteiger partial charge in [0.1, 0.15) is 5.82 Å². The van der Waals surface area contributed by atoms with Crippen molar-refractivity contribution in [3.05, 3.63) is 60.8 Å². The third-order valence-electron chi connectivity index (χ3n) is 6.93. The van der Waals surface area contributed by atoms with E-state index in [1.165, 1.54) is 12.8 Å². The summed E-state index contributed by atoms with van der Waals surface area (Å²) in [5, 5.41) is 3.12. The summed E-state index contributed by atoms with van der Waals surface area (Å²) < 4.78 is 0. The molecule has 2 saturated heterocycles. The molecule has 3 aromatic rings. The Labute approximate surface area is 189 Å². The molecule has 0 radical (unpaired) electrons. The van der Waals surface area contributed by atoms with Crippen molar-refractivity contribution in [1.82, 2.24) is 14.9 Å². The Morgan fingerprint density at radius 1 is 0.844 bits per heavy atom. The second-order valence-electron chi connectivity index (χ2n) is 8.95. The fourth-order valence-electron chi connectivity index (χ4n) is 5.21. The number of aromatic nitrogens is 2. The molecule has 0 saturated carbocycles. The molecule has 32 heavy (non-hydrogen) atoms. The minimum absolute atomic E-state index is 0.0472. The lowest BCUT2D eigenvalue weighted by molar-refractivity contribution is 0.146. The van der Waals surface area contributed by atoms with Crippen LogP contribution in [0.3, 0.4) is 0 Å². The average molecular weight is 430 g/mol. The number of benzene rings is 2. The van der Waals surface area contributed by atoms with E-state index >= 15 is 0 Å². The number of para-hydroxylation sites is 3. The van der Waals surface area contributed by atoms with Crippen LogP contribution in [-0.2, 0) is 0 Å². The number of anilines is 2. The maximum absolute atomic E-state index is 13.2. The number of rotatable bonds is 3. The maximum atomic E-state index is 13.2. The fourth-order valence-corrected chi connectivity index (χ4v) is 5.21. The van der Waals surface area contributed by atoms with Crippen LogP contribution < -0.4 is 10.2 Å². The van der Waals surface area contributed by atoms with Crippen molar-refractivity contribution in [2.24, 2.45) is 5.92 Å². The first-order valence-corrected chi connectivity index (χ1v) is 11.9. The number of carbonyl (C=O) groups excluding carboxylic acids is 1. The topological polar surface area (TPSA) is 61.4 Å². The predicted octanol–water partition coefficient (Wildman–Crippen LogP) is 5.32. The molecule has 0 aliphatic carbocycles. The van der Waals surface area contributed by atoms with Crippen molar-refractivity contribution in [3.63, 3.8) is 0 Å². The highest BCUT2D eigenvalue weighted by molar-refractivity contribution is 5.89. The van der Waals surface area contributed by atoms with Gasteiger partial charge in [-0.1, -0.05) is 43.2 Å². The number of amides is 2. The average Bonchev–Trinajstić information content (AvgIpc) is 3.11. The SMILES string of the molecule is O=C(Nc1ccccc1)N1CCCCC[C@@H]1C1CCN(c2cnc3ccccc3n2)CC1. The van der Waals surface area contributed by atoms with Gasteiger partial charge in [-0.05, 0) is 55.9 Å². The number of carbonyl (C=O) groups is 1. The molecule has 0 spiro atoms. The maximum Gasteiger partial charge on any atom is 0.322 e. The highest BCUT2D eigenvalue weighted by Crippen LogP contribution is 2.32. The van der Waals surface area contributed by atoms with Crippen molar-refractivity contribution < 1.29 is 4.79 Å². The summed E-state index contributed by atoms with van der Waals surface area (Å²) in [7, 11) is 0. The second kappa shape index (κ2) is 9.55. The minimum Gasteiger partial charge on any atom is -0.355 e. The van der Waals surface area contributed by atoms with E-state index in [4.69, 9.17) is 4.98 Å². The number of likely N-dealkylation sites (tertiary alicyclic amines) is 1. The van der Waals surface area contributed by atoms with Crippen LogP contribution in [-0.4, -0.2) is 46.6 Å². The van der Waals surface area contributed by atoms with E-state index < -0.39 is 0 Å². The molecule has 2 fully saturated rings. The zero-order valence-corrected chi connectivity index (χ0v) is 18.5. The number of piperidine rings is 1. The van der Waals surface area contributed by atoms with Gasteiger partial charge in [-0.25, -0.2) is 9.78 Å². The molecule has 1 atom stereocenters. The van der Waals surface area contributed by atoms with Gasteiger partial charge in [0, 0.05) is 31.4 Å². The number of fused-ring (bicyclic) bond motifs is 1. The lowest BCUT2D eigenvalue weighted by atomic mass is 9.86. The number of hydrogen-bond donors (Lipinski definition) is 1. The molecule has 1 aromatic heterocycles.